The number of fused-ring (bicyclic) bond motifs is 2. The molecule has 28 heteroatoms. The lowest BCUT2D eigenvalue weighted by atomic mass is 9.84. The lowest BCUT2D eigenvalue weighted by Crippen LogP contribution is -2.65. The Bertz CT molecular complexity index is 3210. The molecule has 10 atom stereocenters. The van der Waals surface area contributed by atoms with Crippen molar-refractivity contribution in [3.8, 4) is 0 Å². The summed E-state index contributed by atoms with van der Waals surface area (Å²) < 4.78 is 41.7. The van der Waals surface area contributed by atoms with Gasteiger partial charge in [-0.3, -0.25) is 57.5 Å². The molecule has 8 rings (SSSR count). The number of likely N-dealkylation sites (N-methyl/N-ethyl adjacent to an activating group) is 6. The van der Waals surface area contributed by atoms with E-state index in [1.807, 2.05) is 20.8 Å². The molecule has 0 bridgehead atoms. The molecule has 0 unspecified atom stereocenters. The quantitative estimate of drug-likeness (QED) is 0.212. The Hall–Kier alpha value is -7.06. The molecule has 3 N–H and O–H groups in total. The van der Waals surface area contributed by atoms with Gasteiger partial charge in [0.1, 0.15) is 59.9 Å². The van der Waals surface area contributed by atoms with Crippen LogP contribution in [0, 0.1) is 23.7 Å². The summed E-state index contributed by atoms with van der Waals surface area (Å²) in [5, 5.41) is 8.27. The van der Waals surface area contributed by atoms with E-state index in [1.54, 1.807) is 18.7 Å². The highest BCUT2D eigenvalue weighted by Gasteiger charge is 2.52. The molecule has 4 saturated heterocycles. The first-order chi connectivity index (χ1) is 47.7. The van der Waals surface area contributed by atoms with Crippen molar-refractivity contribution < 1.29 is 70.7 Å². The molecular formula is C73H110ClF3N12O12. The molecule has 3 saturated carbocycles. The average Bonchev–Trinajstić information content (AvgIpc) is 1.77. The summed E-state index contributed by atoms with van der Waals surface area (Å²) in [5.41, 5.74) is -2.32. The predicted octanol–water partition coefficient (Wildman–Crippen LogP) is 6.17. The normalized spacial score (nSPS) is 28.3. The van der Waals surface area contributed by atoms with E-state index in [-0.39, 0.29) is 88.8 Å². The van der Waals surface area contributed by atoms with Crippen LogP contribution in [-0.4, -0.2) is 249 Å². The lowest BCUT2D eigenvalue weighted by molar-refractivity contribution is -0.160. The molecule has 0 aromatic heterocycles. The van der Waals surface area contributed by atoms with Gasteiger partial charge in [0, 0.05) is 68.0 Å². The standard InChI is InChI=1S/C73H110ClF3N12O12/c1-12-45(5)60-69(99)81(7)46(6)64(94)89-38-32-54(89)66(96)83(9)56(41-47-23-15-14-16-24-47)67(97)86(13-2)43-58(90)78-52(31-29-48-28-30-50(51(74)40-48)73(75,76)77)65(95)88-37-21-27-53(88)63(93)80-72(33-19-20-34-72)71(101)85(11)61(49-25-17-18-26-49)70(100)84(10)57(68(98)87-35-22-36-87)42-59(91)82(8)55(39-44(3)4)62(92)79-60/h28,30,40,44-47,49,52-57,60-61H,12-27,29,31-39,41-43H2,1-11H3,(H,78,90)(H,79,92)(H,80,93)/t45-,46-,52-,53-,54-,55-,56-,57-,60-,61-/m0/s1. The number of benzene rings is 1. The van der Waals surface area contributed by atoms with Crippen molar-refractivity contribution in [3.05, 3.63) is 34.3 Å². The molecule has 12 amide bonds. The Morgan fingerprint density at radius 1 is 0.644 bits per heavy atom. The van der Waals surface area contributed by atoms with E-state index >= 15 is 28.8 Å². The minimum Gasteiger partial charge on any atom is -0.343 e. The molecule has 1 aromatic rings. The van der Waals surface area contributed by atoms with Crippen LogP contribution in [0.2, 0.25) is 5.02 Å². The van der Waals surface area contributed by atoms with Gasteiger partial charge in [-0.05, 0) is 132 Å². The van der Waals surface area contributed by atoms with Crippen LogP contribution in [0.15, 0.2) is 18.2 Å². The Balaban J connectivity index is 1.18. The number of aryl methyl sites for hydroxylation is 1. The zero-order valence-electron chi connectivity index (χ0n) is 61.2. The molecule has 0 radical (unpaired) electrons. The number of carbonyl (C=O) groups is 12. The van der Waals surface area contributed by atoms with Gasteiger partial charge in [0.25, 0.3) is 0 Å². The predicted molar refractivity (Wildman–Crippen MR) is 371 cm³/mol. The van der Waals surface area contributed by atoms with Crippen LogP contribution >= 0.6 is 11.6 Å². The first-order valence-corrected chi connectivity index (χ1v) is 37.4. The topological polar surface area (TPSA) is 270 Å². The highest BCUT2D eigenvalue weighted by molar-refractivity contribution is 6.31. The fourth-order valence-electron chi connectivity index (χ4n) is 16.2. The Labute approximate surface area is 598 Å². The van der Waals surface area contributed by atoms with Crippen LogP contribution in [0.5, 0.6) is 0 Å². The average molecular weight is 1440 g/mol. The number of halogens is 4. The first-order valence-electron chi connectivity index (χ1n) is 37.0. The SMILES string of the molecule is CC[C@H](C)[C@@H]1NC(=O)[C@H](CC(C)C)N(C)C(=O)C[C@@H](C(=O)N2CCC2)N(C)C(=O)[C@H](C2CCCC2)N(C)C(=O)C2(CCCC2)NC(=O)[C@@H]2CCCN2C(=O)[C@H](CCc2ccc(C(F)(F)F)c(Cl)c2)NC(=O)CN(CC)C(=O)[C@H](CC2CCCCC2)N(C)C(=O)[C@@H]2CCN2C(=O)[C@H](C)N(C)C1=O. The minimum atomic E-state index is -4.76. The summed E-state index contributed by atoms with van der Waals surface area (Å²) in [6, 6.07) is -7.64. The fourth-order valence-corrected chi connectivity index (χ4v) is 16.5. The number of hydrogen-bond acceptors (Lipinski definition) is 12. The lowest BCUT2D eigenvalue weighted by Gasteiger charge is -2.45. The van der Waals surface area contributed by atoms with Crippen molar-refractivity contribution >= 4 is 82.5 Å². The van der Waals surface area contributed by atoms with Crippen molar-refractivity contribution in [1.29, 1.82) is 0 Å². The fraction of sp³-hybridized carbons (Fsp3) is 0.753. The monoisotopic (exact) mass is 1440 g/mol. The second-order valence-corrected chi connectivity index (χ2v) is 30.6. The van der Waals surface area contributed by atoms with Gasteiger partial charge in [-0.1, -0.05) is 110 Å². The summed E-state index contributed by atoms with van der Waals surface area (Å²) in [7, 11) is 7.34. The molecule has 7 aliphatic rings. The van der Waals surface area contributed by atoms with Gasteiger partial charge in [0.15, 0.2) is 0 Å². The maximum absolute atomic E-state index is 15.6. The van der Waals surface area contributed by atoms with Crippen LogP contribution in [0.25, 0.3) is 0 Å². The molecular weight excluding hydrogens is 1330 g/mol. The van der Waals surface area contributed by atoms with E-state index in [4.69, 9.17) is 11.6 Å². The molecule has 562 valence electrons. The van der Waals surface area contributed by atoms with Gasteiger partial charge in [-0.2, -0.15) is 13.2 Å². The molecule has 1 aromatic carbocycles. The van der Waals surface area contributed by atoms with Crippen LogP contribution in [0.3, 0.4) is 0 Å². The van der Waals surface area contributed by atoms with E-state index in [1.165, 1.54) is 87.4 Å². The summed E-state index contributed by atoms with van der Waals surface area (Å²) in [6.45, 7) is 10.9. The van der Waals surface area contributed by atoms with Crippen molar-refractivity contribution in [2.24, 2.45) is 23.7 Å². The molecule has 24 nitrogen and oxygen atoms in total. The van der Waals surface area contributed by atoms with Crippen LogP contribution in [0.1, 0.15) is 194 Å². The van der Waals surface area contributed by atoms with Crippen molar-refractivity contribution in [3.63, 3.8) is 0 Å². The van der Waals surface area contributed by atoms with Gasteiger partial charge in [0.05, 0.1) is 23.6 Å². The minimum absolute atomic E-state index is 0.0232. The molecule has 4 heterocycles. The van der Waals surface area contributed by atoms with Crippen LogP contribution in [0.4, 0.5) is 13.2 Å². The van der Waals surface area contributed by atoms with E-state index in [0.717, 1.165) is 57.1 Å². The number of alkyl halides is 3. The molecule has 1 spiro atoms. The molecule has 101 heavy (non-hydrogen) atoms. The zero-order chi connectivity index (χ0) is 74.1. The largest absolute Gasteiger partial charge is 0.417 e. The number of rotatable bonds is 12. The smallest absolute Gasteiger partial charge is 0.343 e. The summed E-state index contributed by atoms with van der Waals surface area (Å²) in [4.78, 5) is 193. The van der Waals surface area contributed by atoms with E-state index in [0.29, 0.717) is 63.6 Å². The van der Waals surface area contributed by atoms with Gasteiger partial charge < -0.3 is 60.0 Å². The zero-order valence-corrected chi connectivity index (χ0v) is 61.9. The summed E-state index contributed by atoms with van der Waals surface area (Å²) in [6.07, 6.45) is 5.01. The highest BCUT2D eigenvalue weighted by Crippen LogP contribution is 2.39. The molecule has 4 aliphatic heterocycles. The Morgan fingerprint density at radius 3 is 1.86 bits per heavy atom. The van der Waals surface area contributed by atoms with Gasteiger partial charge in [-0.15, -0.1) is 0 Å². The summed E-state index contributed by atoms with van der Waals surface area (Å²) in [5.74, 6) is -8.39. The number of carbonyl (C=O) groups excluding carboxylic acids is 12. The third-order valence-corrected chi connectivity index (χ3v) is 23.5. The molecule has 7 fully saturated rings. The van der Waals surface area contributed by atoms with Gasteiger partial charge in [0.2, 0.25) is 70.9 Å². The third-order valence-electron chi connectivity index (χ3n) is 23.2. The maximum Gasteiger partial charge on any atom is 0.417 e. The van der Waals surface area contributed by atoms with E-state index in [2.05, 4.69) is 16.0 Å². The van der Waals surface area contributed by atoms with Crippen molar-refractivity contribution in [1.82, 2.24) is 60.0 Å². The Morgan fingerprint density at radius 2 is 1.29 bits per heavy atom. The number of nitrogens with one attached hydrogen (secondary N) is 3. The second kappa shape index (κ2) is 34.5. The number of amides is 12. The number of hydrogen-bond donors (Lipinski definition) is 3. The van der Waals surface area contributed by atoms with Crippen LogP contribution in [-0.2, 0) is 70.1 Å². The maximum atomic E-state index is 15.6. The first kappa shape index (κ1) is 79.6. The molecule has 3 aliphatic carbocycles. The Kier molecular flexibility index (Phi) is 27.2. The highest BCUT2D eigenvalue weighted by atomic mass is 35.5. The number of nitrogens with zero attached hydrogens (tertiary/aromatic N) is 9. The second-order valence-electron chi connectivity index (χ2n) is 30.2. The van der Waals surface area contributed by atoms with Gasteiger partial charge >= 0.3 is 6.18 Å². The van der Waals surface area contributed by atoms with E-state index < -0.39 is 166 Å². The van der Waals surface area contributed by atoms with E-state index in [9.17, 15) is 41.9 Å². The van der Waals surface area contributed by atoms with Crippen LogP contribution < -0.4 is 16.0 Å². The van der Waals surface area contributed by atoms with Gasteiger partial charge in [-0.25, -0.2) is 0 Å². The third kappa shape index (κ3) is 18.3. The van der Waals surface area contributed by atoms with Crippen molar-refractivity contribution in [2.75, 3.05) is 74.5 Å². The summed E-state index contributed by atoms with van der Waals surface area (Å²) >= 11 is 6.18. The number of likely N-dealkylation sites (tertiary alicyclic amines) is 1. The van der Waals surface area contributed by atoms with Crippen molar-refractivity contribution in [2.45, 2.75) is 255 Å².